The van der Waals surface area contributed by atoms with Crippen molar-refractivity contribution in [2.45, 2.75) is 18.3 Å². The second-order valence-electron chi connectivity index (χ2n) is 4.24. The van der Waals surface area contributed by atoms with Gasteiger partial charge in [0, 0.05) is 12.0 Å². The van der Waals surface area contributed by atoms with Gasteiger partial charge in [-0.15, -0.1) is 0 Å². The molecule has 1 aliphatic carbocycles. The Bertz CT molecular complexity index is 423. The Kier molecular flexibility index (Phi) is 2.32. The van der Waals surface area contributed by atoms with E-state index in [9.17, 15) is 5.11 Å². The zero-order valence-corrected chi connectivity index (χ0v) is 8.93. The molecule has 1 aromatic rings. The van der Waals surface area contributed by atoms with Gasteiger partial charge in [-0.05, 0) is 5.56 Å². The molecule has 2 aliphatic rings. The second-order valence-corrected chi connectivity index (χ2v) is 4.24. The number of rotatable bonds is 3. The summed E-state index contributed by atoms with van der Waals surface area (Å²) in [5, 5.41) is 10.5. The first-order valence-electron chi connectivity index (χ1n) is 5.52. The summed E-state index contributed by atoms with van der Waals surface area (Å²) in [5.74, 6) is -1.18. The maximum atomic E-state index is 10.5. The fraction of sp³-hybridized carbons (Fsp3) is 0.385. The number of benzene rings is 1. The number of hydrogen-bond donors (Lipinski definition) is 1. The van der Waals surface area contributed by atoms with Gasteiger partial charge in [0.1, 0.15) is 6.10 Å². The van der Waals surface area contributed by atoms with Crippen molar-refractivity contribution in [1.29, 1.82) is 0 Å². The Morgan fingerprint density at radius 1 is 1.44 bits per heavy atom. The van der Waals surface area contributed by atoms with Gasteiger partial charge < -0.3 is 14.6 Å². The minimum Gasteiger partial charge on any atom is -0.371 e. The molecule has 0 spiro atoms. The maximum absolute atomic E-state index is 10.5. The first kappa shape index (κ1) is 10.0. The van der Waals surface area contributed by atoms with Crippen LogP contribution in [0.25, 0.3) is 6.08 Å². The monoisotopic (exact) mass is 218 g/mol. The Morgan fingerprint density at radius 3 is 3.06 bits per heavy atom. The first-order valence-corrected chi connectivity index (χ1v) is 5.52. The van der Waals surface area contributed by atoms with Gasteiger partial charge in [0.2, 0.25) is 0 Å². The van der Waals surface area contributed by atoms with Crippen LogP contribution in [0, 0.1) is 0 Å². The fourth-order valence-electron chi connectivity index (χ4n) is 1.99. The highest BCUT2D eigenvalue weighted by molar-refractivity contribution is 5.57. The molecule has 1 aliphatic heterocycles. The summed E-state index contributed by atoms with van der Waals surface area (Å²) in [7, 11) is 0. The van der Waals surface area contributed by atoms with Gasteiger partial charge in [-0.3, -0.25) is 0 Å². The van der Waals surface area contributed by atoms with Crippen LogP contribution in [-0.4, -0.2) is 24.4 Å². The number of aliphatic hydroxyl groups is 1. The fourth-order valence-corrected chi connectivity index (χ4v) is 1.99. The van der Waals surface area contributed by atoms with Crippen molar-refractivity contribution in [1.82, 2.24) is 0 Å². The van der Waals surface area contributed by atoms with E-state index in [0.29, 0.717) is 13.0 Å². The minimum atomic E-state index is -1.18. The number of ether oxygens (including phenoxy) is 2. The molecule has 84 valence electrons. The topological polar surface area (TPSA) is 42.0 Å². The molecule has 1 saturated heterocycles. The molecule has 0 bridgehead atoms. The molecular formula is C13H14O3. The molecular weight excluding hydrogens is 204 g/mol. The summed E-state index contributed by atoms with van der Waals surface area (Å²) >= 11 is 0. The molecule has 3 rings (SSSR count). The molecule has 2 unspecified atom stereocenters. The SMILES string of the molecule is OC1(OCC2CO2)CC=Cc2ccccc21. The normalized spacial score (nSPS) is 31.2. The molecule has 0 aromatic heterocycles. The van der Waals surface area contributed by atoms with Gasteiger partial charge in [-0.2, -0.15) is 0 Å². The summed E-state index contributed by atoms with van der Waals surface area (Å²) < 4.78 is 10.7. The summed E-state index contributed by atoms with van der Waals surface area (Å²) in [6.07, 6.45) is 4.62. The van der Waals surface area contributed by atoms with Crippen molar-refractivity contribution < 1.29 is 14.6 Å². The van der Waals surface area contributed by atoms with E-state index in [2.05, 4.69) is 0 Å². The third-order valence-electron chi connectivity index (χ3n) is 2.98. The van der Waals surface area contributed by atoms with Crippen LogP contribution in [-0.2, 0) is 15.3 Å². The number of hydrogen-bond acceptors (Lipinski definition) is 3. The number of fused-ring (bicyclic) bond motifs is 1. The summed E-state index contributed by atoms with van der Waals surface area (Å²) in [4.78, 5) is 0. The standard InChI is InChI=1S/C13H14O3/c14-13(16-9-11-8-15-11)7-3-5-10-4-1-2-6-12(10)13/h1-6,11,14H,7-9H2. The van der Waals surface area contributed by atoms with Crippen LogP contribution >= 0.6 is 0 Å². The molecule has 0 radical (unpaired) electrons. The van der Waals surface area contributed by atoms with Crippen LogP contribution in [0.15, 0.2) is 30.3 Å². The largest absolute Gasteiger partial charge is 0.371 e. The molecule has 2 atom stereocenters. The predicted molar refractivity (Wildman–Crippen MR) is 59.7 cm³/mol. The highest BCUT2D eigenvalue weighted by Crippen LogP contribution is 2.35. The average Bonchev–Trinajstić information content (AvgIpc) is 3.11. The lowest BCUT2D eigenvalue weighted by molar-refractivity contribution is -0.212. The van der Waals surface area contributed by atoms with Crippen molar-refractivity contribution in [3.8, 4) is 0 Å². The Hall–Kier alpha value is -1.16. The van der Waals surface area contributed by atoms with Gasteiger partial charge >= 0.3 is 0 Å². The van der Waals surface area contributed by atoms with Crippen molar-refractivity contribution >= 4 is 6.08 Å². The first-order chi connectivity index (χ1) is 7.78. The van der Waals surface area contributed by atoms with E-state index in [1.807, 2.05) is 36.4 Å². The van der Waals surface area contributed by atoms with E-state index in [1.54, 1.807) is 0 Å². The molecule has 3 nitrogen and oxygen atoms in total. The van der Waals surface area contributed by atoms with Crippen LogP contribution < -0.4 is 0 Å². The lowest BCUT2D eigenvalue weighted by Gasteiger charge is -2.31. The summed E-state index contributed by atoms with van der Waals surface area (Å²) in [6, 6.07) is 7.76. The molecule has 1 heterocycles. The third kappa shape index (κ3) is 1.78. The molecule has 16 heavy (non-hydrogen) atoms. The average molecular weight is 218 g/mol. The Labute approximate surface area is 94.3 Å². The van der Waals surface area contributed by atoms with Crippen molar-refractivity contribution in [3.63, 3.8) is 0 Å². The molecule has 3 heteroatoms. The van der Waals surface area contributed by atoms with Gasteiger partial charge in [0.25, 0.3) is 0 Å². The van der Waals surface area contributed by atoms with E-state index in [1.165, 1.54) is 0 Å². The smallest absolute Gasteiger partial charge is 0.196 e. The zero-order chi connectivity index (χ0) is 11.0. The van der Waals surface area contributed by atoms with E-state index < -0.39 is 5.79 Å². The lowest BCUT2D eigenvalue weighted by atomic mass is 9.92. The predicted octanol–water partition coefficient (Wildman–Crippen LogP) is 1.66. The van der Waals surface area contributed by atoms with Crippen LogP contribution in [0.2, 0.25) is 0 Å². The maximum Gasteiger partial charge on any atom is 0.196 e. The third-order valence-corrected chi connectivity index (χ3v) is 2.98. The van der Waals surface area contributed by atoms with Gasteiger partial charge in [0.15, 0.2) is 5.79 Å². The van der Waals surface area contributed by atoms with Crippen LogP contribution in [0.3, 0.4) is 0 Å². The molecule has 1 fully saturated rings. The molecule has 0 amide bonds. The van der Waals surface area contributed by atoms with Gasteiger partial charge in [-0.1, -0.05) is 36.4 Å². The van der Waals surface area contributed by atoms with Crippen molar-refractivity contribution in [3.05, 3.63) is 41.5 Å². The minimum absolute atomic E-state index is 0.169. The van der Waals surface area contributed by atoms with Gasteiger partial charge in [0.05, 0.1) is 13.2 Å². The molecule has 1 aromatic carbocycles. The van der Waals surface area contributed by atoms with E-state index in [4.69, 9.17) is 9.47 Å². The highest BCUT2D eigenvalue weighted by atomic mass is 16.7. The van der Waals surface area contributed by atoms with E-state index in [-0.39, 0.29) is 6.10 Å². The van der Waals surface area contributed by atoms with Gasteiger partial charge in [-0.25, -0.2) is 0 Å². The highest BCUT2D eigenvalue weighted by Gasteiger charge is 2.35. The zero-order valence-electron chi connectivity index (χ0n) is 8.93. The number of epoxide rings is 1. The van der Waals surface area contributed by atoms with E-state index >= 15 is 0 Å². The molecule has 1 N–H and O–H groups in total. The molecule has 0 saturated carbocycles. The lowest BCUT2D eigenvalue weighted by Crippen LogP contribution is -2.32. The Balaban J connectivity index is 1.86. The van der Waals surface area contributed by atoms with Crippen LogP contribution in [0.5, 0.6) is 0 Å². The summed E-state index contributed by atoms with van der Waals surface area (Å²) in [5.41, 5.74) is 1.87. The summed E-state index contributed by atoms with van der Waals surface area (Å²) in [6.45, 7) is 1.20. The van der Waals surface area contributed by atoms with Crippen molar-refractivity contribution in [2.24, 2.45) is 0 Å². The quantitative estimate of drug-likeness (QED) is 0.619. The Morgan fingerprint density at radius 2 is 2.25 bits per heavy atom. The van der Waals surface area contributed by atoms with E-state index in [0.717, 1.165) is 17.7 Å². The van der Waals surface area contributed by atoms with Crippen LogP contribution in [0.1, 0.15) is 17.5 Å². The second kappa shape index (κ2) is 3.70. The van der Waals surface area contributed by atoms with Crippen LogP contribution in [0.4, 0.5) is 0 Å². The van der Waals surface area contributed by atoms with Crippen molar-refractivity contribution in [2.75, 3.05) is 13.2 Å².